The molecule has 1 atom stereocenters. The van der Waals surface area contributed by atoms with Gasteiger partial charge in [-0.2, -0.15) is 4.98 Å². The Kier molecular flexibility index (Phi) is 3.80. The van der Waals surface area contributed by atoms with Gasteiger partial charge in [-0.1, -0.05) is 5.16 Å². The first-order valence-corrected chi connectivity index (χ1v) is 8.34. The number of hydrogen-bond donors (Lipinski definition) is 0. The van der Waals surface area contributed by atoms with Crippen LogP contribution in [0, 0.1) is 12.7 Å². The molecule has 3 aromatic rings. The van der Waals surface area contributed by atoms with Crippen LogP contribution < -0.4 is 0 Å². The molecular weight excluding hydrogens is 309 g/mol. The van der Waals surface area contributed by atoms with Crippen LogP contribution in [0.15, 0.2) is 22.7 Å². The zero-order valence-electron chi connectivity index (χ0n) is 13.9. The molecule has 0 radical (unpaired) electrons. The average molecular weight is 329 g/mol. The predicted molar refractivity (Wildman–Crippen MR) is 86.8 cm³/mol. The second-order valence-corrected chi connectivity index (χ2v) is 6.21. The fraction of sp³-hybridized carbons (Fsp3) is 0.471. The van der Waals surface area contributed by atoms with Crippen LogP contribution in [-0.4, -0.2) is 31.1 Å². The number of likely N-dealkylation sites (tertiary alicyclic amines) is 1. The first-order valence-electron chi connectivity index (χ1n) is 8.34. The molecule has 0 bridgehead atoms. The van der Waals surface area contributed by atoms with Gasteiger partial charge in [0.2, 0.25) is 5.89 Å². The standard InChI is InChI=1S/C17H20FN5O/c1-3-23-14-7-6-12(18)9-13(14)20-16(23)10-22-8-4-5-15(22)17-19-11(2)24-21-17/h6-7,9,15H,3-5,8,10H2,1-2H3/t15-/m0/s1. The second kappa shape index (κ2) is 5.98. The fourth-order valence-electron chi connectivity index (χ4n) is 3.57. The molecule has 0 N–H and O–H groups in total. The molecule has 6 nitrogen and oxygen atoms in total. The minimum atomic E-state index is -0.254. The van der Waals surface area contributed by atoms with Crippen LogP contribution >= 0.6 is 0 Å². The zero-order valence-corrected chi connectivity index (χ0v) is 13.9. The monoisotopic (exact) mass is 329 g/mol. The highest BCUT2D eigenvalue weighted by Crippen LogP contribution is 2.32. The summed E-state index contributed by atoms with van der Waals surface area (Å²) < 4.78 is 20.8. The van der Waals surface area contributed by atoms with Gasteiger partial charge in [-0.3, -0.25) is 4.90 Å². The number of halogens is 1. The van der Waals surface area contributed by atoms with Crippen molar-refractivity contribution in [3.05, 3.63) is 41.6 Å². The molecule has 3 heterocycles. The average Bonchev–Trinajstić information content (AvgIpc) is 3.25. The smallest absolute Gasteiger partial charge is 0.223 e. The molecule has 0 amide bonds. The molecule has 0 aliphatic carbocycles. The third-order valence-corrected chi connectivity index (χ3v) is 4.66. The van der Waals surface area contributed by atoms with Gasteiger partial charge < -0.3 is 9.09 Å². The third-order valence-electron chi connectivity index (χ3n) is 4.66. The Labute approximate surface area is 139 Å². The molecular formula is C17H20FN5O. The van der Waals surface area contributed by atoms with Crippen molar-refractivity contribution in [2.45, 2.75) is 45.8 Å². The Balaban J connectivity index is 1.65. The summed E-state index contributed by atoms with van der Waals surface area (Å²) in [7, 11) is 0. The summed E-state index contributed by atoms with van der Waals surface area (Å²) in [4.78, 5) is 11.4. The molecule has 1 aromatic carbocycles. The SMILES string of the molecule is CCn1c(CN2CCC[C@H]2c2noc(C)n2)nc2cc(F)ccc21. The van der Waals surface area contributed by atoms with Gasteiger partial charge in [-0.05, 0) is 38.4 Å². The van der Waals surface area contributed by atoms with Crippen molar-refractivity contribution in [2.75, 3.05) is 6.54 Å². The lowest BCUT2D eigenvalue weighted by molar-refractivity contribution is 0.226. The van der Waals surface area contributed by atoms with Crippen LogP contribution in [0.25, 0.3) is 11.0 Å². The third kappa shape index (κ3) is 2.58. The van der Waals surface area contributed by atoms with E-state index >= 15 is 0 Å². The topological polar surface area (TPSA) is 60.0 Å². The quantitative estimate of drug-likeness (QED) is 0.735. The van der Waals surface area contributed by atoms with E-state index in [0.717, 1.165) is 43.1 Å². The van der Waals surface area contributed by atoms with Crippen LogP contribution in [0.3, 0.4) is 0 Å². The summed E-state index contributed by atoms with van der Waals surface area (Å²) in [5.41, 5.74) is 1.68. The minimum absolute atomic E-state index is 0.157. The Bertz CT molecular complexity index is 871. The van der Waals surface area contributed by atoms with Gasteiger partial charge in [-0.15, -0.1) is 0 Å². The number of rotatable bonds is 4. The largest absolute Gasteiger partial charge is 0.340 e. The van der Waals surface area contributed by atoms with Gasteiger partial charge in [0.15, 0.2) is 5.82 Å². The van der Waals surface area contributed by atoms with Crippen molar-refractivity contribution in [3.8, 4) is 0 Å². The minimum Gasteiger partial charge on any atom is -0.340 e. The number of hydrogen-bond acceptors (Lipinski definition) is 5. The number of aryl methyl sites for hydroxylation is 2. The van der Waals surface area contributed by atoms with E-state index in [-0.39, 0.29) is 11.9 Å². The van der Waals surface area contributed by atoms with Crippen LogP contribution in [0.5, 0.6) is 0 Å². The fourth-order valence-corrected chi connectivity index (χ4v) is 3.57. The van der Waals surface area contributed by atoms with Crippen molar-refractivity contribution >= 4 is 11.0 Å². The lowest BCUT2D eigenvalue weighted by atomic mass is 10.2. The van der Waals surface area contributed by atoms with Crippen LogP contribution in [-0.2, 0) is 13.1 Å². The summed E-state index contributed by atoms with van der Waals surface area (Å²) in [5.74, 6) is 2.03. The molecule has 0 unspecified atom stereocenters. The number of imidazole rings is 1. The molecule has 2 aromatic heterocycles. The van der Waals surface area contributed by atoms with Crippen molar-refractivity contribution in [3.63, 3.8) is 0 Å². The van der Waals surface area contributed by atoms with E-state index in [9.17, 15) is 4.39 Å². The summed E-state index contributed by atoms with van der Waals surface area (Å²) in [5, 5.41) is 4.08. The summed E-state index contributed by atoms with van der Waals surface area (Å²) in [6.45, 7) is 6.36. The number of nitrogens with zero attached hydrogens (tertiary/aromatic N) is 5. The van der Waals surface area contributed by atoms with Gasteiger partial charge >= 0.3 is 0 Å². The Hall–Kier alpha value is -2.28. The molecule has 24 heavy (non-hydrogen) atoms. The molecule has 0 spiro atoms. The Morgan fingerprint density at radius 2 is 2.21 bits per heavy atom. The highest BCUT2D eigenvalue weighted by Gasteiger charge is 2.30. The Morgan fingerprint density at radius 1 is 1.33 bits per heavy atom. The number of benzene rings is 1. The summed E-state index contributed by atoms with van der Waals surface area (Å²) >= 11 is 0. The van der Waals surface area contributed by atoms with Crippen molar-refractivity contribution in [1.82, 2.24) is 24.6 Å². The summed E-state index contributed by atoms with van der Waals surface area (Å²) in [6.07, 6.45) is 2.11. The van der Waals surface area contributed by atoms with E-state index in [2.05, 4.69) is 31.5 Å². The van der Waals surface area contributed by atoms with Crippen LogP contribution in [0.1, 0.15) is 43.3 Å². The van der Waals surface area contributed by atoms with Gasteiger partial charge in [0, 0.05) is 19.5 Å². The van der Waals surface area contributed by atoms with Crippen LogP contribution in [0.2, 0.25) is 0 Å². The van der Waals surface area contributed by atoms with Gasteiger partial charge in [0.05, 0.1) is 23.6 Å². The number of fused-ring (bicyclic) bond motifs is 1. The van der Waals surface area contributed by atoms with Gasteiger partial charge in [0.1, 0.15) is 11.6 Å². The van der Waals surface area contributed by atoms with Crippen molar-refractivity contribution < 1.29 is 8.91 Å². The first-order chi connectivity index (χ1) is 11.7. The highest BCUT2D eigenvalue weighted by molar-refractivity contribution is 5.76. The van der Waals surface area contributed by atoms with Crippen molar-refractivity contribution in [2.24, 2.45) is 0 Å². The van der Waals surface area contributed by atoms with E-state index in [4.69, 9.17) is 4.52 Å². The van der Waals surface area contributed by atoms with E-state index in [0.29, 0.717) is 18.0 Å². The molecule has 7 heteroatoms. The maximum Gasteiger partial charge on any atom is 0.223 e. The molecule has 1 saturated heterocycles. The van der Waals surface area contributed by atoms with Crippen LogP contribution in [0.4, 0.5) is 4.39 Å². The lowest BCUT2D eigenvalue weighted by Crippen LogP contribution is -2.25. The van der Waals surface area contributed by atoms with Gasteiger partial charge in [0.25, 0.3) is 0 Å². The van der Waals surface area contributed by atoms with E-state index < -0.39 is 0 Å². The van der Waals surface area contributed by atoms with E-state index in [1.165, 1.54) is 12.1 Å². The van der Waals surface area contributed by atoms with Crippen molar-refractivity contribution in [1.29, 1.82) is 0 Å². The second-order valence-electron chi connectivity index (χ2n) is 6.21. The Morgan fingerprint density at radius 3 is 2.96 bits per heavy atom. The molecule has 1 aliphatic heterocycles. The highest BCUT2D eigenvalue weighted by atomic mass is 19.1. The maximum atomic E-state index is 13.5. The van der Waals surface area contributed by atoms with Gasteiger partial charge in [-0.25, -0.2) is 9.37 Å². The first kappa shape index (κ1) is 15.3. The lowest BCUT2D eigenvalue weighted by Gasteiger charge is -2.21. The molecule has 4 rings (SSSR count). The molecule has 126 valence electrons. The zero-order chi connectivity index (χ0) is 16.7. The normalized spacial score (nSPS) is 18.7. The molecule has 1 fully saturated rings. The molecule has 1 aliphatic rings. The predicted octanol–water partition coefficient (Wildman–Crippen LogP) is 3.22. The number of aromatic nitrogens is 4. The molecule has 0 saturated carbocycles. The maximum absolute atomic E-state index is 13.5. The van der Waals surface area contributed by atoms with E-state index in [1.807, 2.05) is 0 Å². The summed E-state index contributed by atoms with van der Waals surface area (Å²) in [6, 6.07) is 4.94. The van der Waals surface area contributed by atoms with E-state index in [1.54, 1.807) is 13.0 Å².